The van der Waals surface area contributed by atoms with Crippen molar-refractivity contribution in [3.05, 3.63) is 89.0 Å². The Kier molecular flexibility index (Phi) is 7.67. The fourth-order valence-corrected chi connectivity index (χ4v) is 4.41. The van der Waals surface area contributed by atoms with Gasteiger partial charge in [-0.2, -0.15) is 0 Å². The van der Waals surface area contributed by atoms with Crippen LogP contribution >= 0.6 is 0 Å². The van der Waals surface area contributed by atoms with Crippen molar-refractivity contribution in [1.29, 1.82) is 0 Å². The first-order chi connectivity index (χ1) is 17.9. The van der Waals surface area contributed by atoms with Gasteiger partial charge < -0.3 is 29.0 Å². The van der Waals surface area contributed by atoms with E-state index >= 15 is 0 Å². The number of aliphatic hydroxyl groups is 1. The number of carbonyl (C=O) groups excluding carboxylic acids is 2. The lowest BCUT2D eigenvalue weighted by atomic mass is 9.94. The predicted octanol–water partition coefficient (Wildman–Crippen LogP) is 4.73. The van der Waals surface area contributed by atoms with Gasteiger partial charge in [-0.1, -0.05) is 24.3 Å². The highest BCUT2D eigenvalue weighted by Gasteiger charge is 2.46. The maximum Gasteiger partial charge on any atom is 0.295 e. The number of hydrogen-bond donors (Lipinski definition) is 1. The number of hydrogen-bond acceptors (Lipinski definition) is 7. The standard InChI is InChI=1S/C29H29NO7/c1-5-37-22-8-6-7-18(15-22)17-30-26(19-9-11-20(34-2)12-10-19)25(28(32)29(30)33)27(31)23-14-13-21(35-3)16-24(23)36-4/h6-16,26,31H,5,17H2,1-4H3/b27-25-. The van der Waals surface area contributed by atoms with E-state index in [1.165, 1.54) is 19.1 Å². The first-order valence-corrected chi connectivity index (χ1v) is 11.8. The van der Waals surface area contributed by atoms with Gasteiger partial charge in [-0.05, 0) is 54.4 Å². The molecule has 0 bridgehead atoms. The number of ketones is 1. The van der Waals surface area contributed by atoms with E-state index in [1.54, 1.807) is 49.6 Å². The van der Waals surface area contributed by atoms with Crippen molar-refractivity contribution in [2.45, 2.75) is 19.5 Å². The molecule has 1 N–H and O–H groups in total. The van der Waals surface area contributed by atoms with Gasteiger partial charge in [0.05, 0.1) is 45.1 Å². The molecule has 1 unspecified atom stereocenters. The Morgan fingerprint density at radius 2 is 1.57 bits per heavy atom. The van der Waals surface area contributed by atoms with E-state index in [0.717, 1.165) is 5.56 Å². The van der Waals surface area contributed by atoms with E-state index in [4.69, 9.17) is 18.9 Å². The van der Waals surface area contributed by atoms with Gasteiger partial charge in [-0.3, -0.25) is 9.59 Å². The van der Waals surface area contributed by atoms with E-state index < -0.39 is 17.7 Å². The van der Waals surface area contributed by atoms with Crippen molar-refractivity contribution >= 4 is 17.4 Å². The Labute approximate surface area is 215 Å². The molecule has 1 amide bonds. The maximum absolute atomic E-state index is 13.4. The molecule has 192 valence electrons. The Morgan fingerprint density at radius 3 is 2.22 bits per heavy atom. The van der Waals surface area contributed by atoms with Crippen LogP contribution in [0.15, 0.2) is 72.3 Å². The molecule has 4 rings (SSSR count). The second-order valence-corrected chi connectivity index (χ2v) is 8.35. The van der Waals surface area contributed by atoms with Crippen LogP contribution in [0, 0.1) is 0 Å². The van der Waals surface area contributed by atoms with Crippen molar-refractivity contribution in [3.8, 4) is 23.0 Å². The van der Waals surface area contributed by atoms with Gasteiger partial charge >= 0.3 is 0 Å². The van der Waals surface area contributed by atoms with Crippen molar-refractivity contribution in [2.24, 2.45) is 0 Å². The van der Waals surface area contributed by atoms with E-state index in [-0.39, 0.29) is 23.4 Å². The molecular formula is C29H29NO7. The molecule has 1 fully saturated rings. The van der Waals surface area contributed by atoms with Gasteiger partial charge in [0, 0.05) is 12.6 Å². The third-order valence-corrected chi connectivity index (χ3v) is 6.20. The number of rotatable bonds is 9. The number of benzene rings is 3. The first kappa shape index (κ1) is 25.6. The van der Waals surface area contributed by atoms with Crippen molar-refractivity contribution in [2.75, 3.05) is 27.9 Å². The highest BCUT2D eigenvalue weighted by molar-refractivity contribution is 6.46. The van der Waals surface area contributed by atoms with E-state index in [9.17, 15) is 14.7 Å². The van der Waals surface area contributed by atoms with Crippen molar-refractivity contribution in [1.82, 2.24) is 4.90 Å². The second-order valence-electron chi connectivity index (χ2n) is 8.35. The molecule has 1 atom stereocenters. The van der Waals surface area contributed by atoms with Crippen LogP contribution in [0.3, 0.4) is 0 Å². The number of nitrogens with zero attached hydrogens (tertiary/aromatic N) is 1. The lowest BCUT2D eigenvalue weighted by Crippen LogP contribution is -2.29. The van der Waals surface area contributed by atoms with Crippen LogP contribution in [0.1, 0.15) is 29.7 Å². The van der Waals surface area contributed by atoms with Crippen LogP contribution in [-0.4, -0.2) is 49.6 Å². The summed E-state index contributed by atoms with van der Waals surface area (Å²) in [6.07, 6.45) is 0. The normalized spacial score (nSPS) is 16.5. The highest BCUT2D eigenvalue weighted by Crippen LogP contribution is 2.42. The minimum atomic E-state index is -0.839. The lowest BCUT2D eigenvalue weighted by molar-refractivity contribution is -0.140. The van der Waals surface area contributed by atoms with Gasteiger partial charge in [0.25, 0.3) is 11.7 Å². The molecular weight excluding hydrogens is 474 g/mol. The molecule has 37 heavy (non-hydrogen) atoms. The van der Waals surface area contributed by atoms with Crippen LogP contribution in [0.25, 0.3) is 5.76 Å². The second kappa shape index (κ2) is 11.1. The zero-order valence-corrected chi connectivity index (χ0v) is 21.2. The minimum Gasteiger partial charge on any atom is -0.507 e. The van der Waals surface area contributed by atoms with Crippen LogP contribution in [0.5, 0.6) is 23.0 Å². The number of aliphatic hydroxyl groups excluding tert-OH is 1. The Hall–Kier alpha value is -4.46. The van der Waals surface area contributed by atoms with E-state index in [2.05, 4.69) is 0 Å². The average molecular weight is 504 g/mol. The molecule has 0 aromatic heterocycles. The maximum atomic E-state index is 13.4. The summed E-state index contributed by atoms with van der Waals surface area (Å²) in [6.45, 7) is 2.53. The molecule has 0 aliphatic carbocycles. The molecule has 1 heterocycles. The number of amides is 1. The lowest BCUT2D eigenvalue weighted by Gasteiger charge is -2.26. The largest absolute Gasteiger partial charge is 0.507 e. The number of ether oxygens (including phenoxy) is 4. The van der Waals surface area contributed by atoms with Crippen LogP contribution in [0.2, 0.25) is 0 Å². The summed E-state index contributed by atoms with van der Waals surface area (Å²) in [5.74, 6) is 0.302. The fourth-order valence-electron chi connectivity index (χ4n) is 4.41. The monoisotopic (exact) mass is 503 g/mol. The van der Waals surface area contributed by atoms with Crippen LogP contribution < -0.4 is 18.9 Å². The first-order valence-electron chi connectivity index (χ1n) is 11.8. The molecule has 0 radical (unpaired) electrons. The van der Waals surface area contributed by atoms with Crippen LogP contribution in [0.4, 0.5) is 0 Å². The van der Waals surface area contributed by atoms with Gasteiger partial charge in [0.2, 0.25) is 0 Å². The molecule has 8 heteroatoms. The summed E-state index contributed by atoms with van der Waals surface area (Å²) < 4.78 is 21.6. The van der Waals surface area contributed by atoms with Crippen LogP contribution in [-0.2, 0) is 16.1 Å². The van der Waals surface area contributed by atoms with Gasteiger partial charge in [0.1, 0.15) is 28.8 Å². The molecule has 1 aliphatic heterocycles. The fraction of sp³-hybridized carbons (Fsp3) is 0.241. The third kappa shape index (κ3) is 5.09. The number of Topliss-reactive ketones (excluding diaryl/α,β-unsaturated/α-hetero) is 1. The van der Waals surface area contributed by atoms with Crippen molar-refractivity contribution < 1.29 is 33.6 Å². The molecule has 1 aliphatic rings. The summed E-state index contributed by atoms with van der Waals surface area (Å²) in [5, 5.41) is 11.4. The summed E-state index contributed by atoms with van der Waals surface area (Å²) >= 11 is 0. The zero-order chi connectivity index (χ0) is 26.5. The average Bonchev–Trinajstić information content (AvgIpc) is 3.17. The SMILES string of the molecule is CCOc1cccc(CN2C(=O)C(=O)/C(=C(\O)c3ccc(OC)cc3OC)C2c2ccc(OC)cc2)c1. The quantitative estimate of drug-likeness (QED) is 0.256. The van der Waals surface area contributed by atoms with Gasteiger partial charge in [0.15, 0.2) is 0 Å². The van der Waals surface area contributed by atoms with E-state index in [0.29, 0.717) is 35.2 Å². The topological polar surface area (TPSA) is 94.5 Å². The molecule has 8 nitrogen and oxygen atoms in total. The summed E-state index contributed by atoms with van der Waals surface area (Å²) in [6, 6.07) is 18.4. The van der Waals surface area contributed by atoms with Gasteiger partial charge in [-0.15, -0.1) is 0 Å². The Morgan fingerprint density at radius 1 is 0.865 bits per heavy atom. The minimum absolute atomic E-state index is 0.0282. The van der Waals surface area contributed by atoms with Gasteiger partial charge in [-0.25, -0.2) is 0 Å². The summed E-state index contributed by atoms with van der Waals surface area (Å²) in [5.41, 5.74) is 1.68. The predicted molar refractivity (Wildman–Crippen MR) is 138 cm³/mol. The molecule has 0 spiro atoms. The molecule has 3 aromatic carbocycles. The molecule has 3 aromatic rings. The molecule has 0 saturated carbocycles. The summed E-state index contributed by atoms with van der Waals surface area (Å²) in [7, 11) is 4.53. The van der Waals surface area contributed by atoms with Crippen molar-refractivity contribution in [3.63, 3.8) is 0 Å². The summed E-state index contributed by atoms with van der Waals surface area (Å²) in [4.78, 5) is 28.2. The number of methoxy groups -OCH3 is 3. The number of likely N-dealkylation sites (tertiary alicyclic amines) is 1. The highest BCUT2D eigenvalue weighted by atomic mass is 16.5. The third-order valence-electron chi connectivity index (χ3n) is 6.20. The zero-order valence-electron chi connectivity index (χ0n) is 21.2. The molecule has 1 saturated heterocycles. The Balaban J connectivity index is 1.85. The Bertz CT molecular complexity index is 1330. The smallest absolute Gasteiger partial charge is 0.295 e. The van der Waals surface area contributed by atoms with E-state index in [1.807, 2.05) is 31.2 Å². The number of carbonyl (C=O) groups is 2.